The number of benzene rings is 1. The molecule has 0 radical (unpaired) electrons. The number of hydrogen-bond acceptors (Lipinski definition) is 0. The van der Waals surface area contributed by atoms with E-state index >= 15 is 0 Å². The second kappa shape index (κ2) is 3.75. The summed E-state index contributed by atoms with van der Waals surface area (Å²) in [7, 11) is -1.11. The first-order chi connectivity index (χ1) is 5.56. The van der Waals surface area contributed by atoms with Crippen molar-refractivity contribution in [2.75, 3.05) is 0 Å². The van der Waals surface area contributed by atoms with Crippen LogP contribution in [0.15, 0.2) is 28.7 Å². The van der Waals surface area contributed by atoms with Gasteiger partial charge >= 0.3 is 0 Å². The number of halogens is 1. The van der Waals surface area contributed by atoms with Gasteiger partial charge in [0.25, 0.3) is 0 Å². The zero-order chi connectivity index (χ0) is 9.19. The summed E-state index contributed by atoms with van der Waals surface area (Å²) < 4.78 is 1.20. The summed E-state index contributed by atoms with van der Waals surface area (Å²) in [6.07, 6.45) is 0. The zero-order valence-electron chi connectivity index (χ0n) is 7.89. The van der Waals surface area contributed by atoms with Gasteiger partial charge in [-0.15, -0.1) is 0 Å². The maximum absolute atomic E-state index is 3.51. The standard InChI is InChI=1S/C10H15BrSi/c1-4-12(2,3)10-7-5-6-9(11)8-10/h5-8H,4H2,1-3H3. The Morgan fingerprint density at radius 1 is 1.33 bits per heavy atom. The molecule has 0 aliphatic rings. The SMILES string of the molecule is CC[Si](C)(C)c1cccc(Br)c1. The first-order valence-corrected chi connectivity index (χ1v) is 8.32. The van der Waals surface area contributed by atoms with Gasteiger partial charge in [-0.1, -0.05) is 59.3 Å². The lowest BCUT2D eigenvalue weighted by atomic mass is 10.4. The Morgan fingerprint density at radius 2 is 2.00 bits per heavy atom. The third kappa shape index (κ3) is 2.20. The van der Waals surface area contributed by atoms with E-state index in [1.54, 1.807) is 5.19 Å². The highest BCUT2D eigenvalue weighted by Crippen LogP contribution is 2.12. The van der Waals surface area contributed by atoms with Crippen LogP contribution in [0.1, 0.15) is 6.92 Å². The van der Waals surface area contributed by atoms with E-state index in [9.17, 15) is 0 Å². The Kier molecular flexibility index (Phi) is 3.13. The molecule has 0 amide bonds. The second-order valence-electron chi connectivity index (χ2n) is 3.75. The third-order valence-corrected chi connectivity index (χ3v) is 6.62. The largest absolute Gasteiger partial charge is 0.0804 e. The summed E-state index contributed by atoms with van der Waals surface area (Å²) >= 11 is 3.51. The van der Waals surface area contributed by atoms with Gasteiger partial charge in [0.2, 0.25) is 0 Å². The van der Waals surface area contributed by atoms with Gasteiger partial charge in [0.1, 0.15) is 0 Å². The van der Waals surface area contributed by atoms with E-state index < -0.39 is 8.07 Å². The zero-order valence-corrected chi connectivity index (χ0v) is 10.5. The van der Waals surface area contributed by atoms with E-state index in [0.717, 1.165) is 0 Å². The molecule has 1 rings (SSSR count). The van der Waals surface area contributed by atoms with E-state index in [2.05, 4.69) is 60.2 Å². The Balaban J connectivity index is 3.03. The predicted octanol–water partition coefficient (Wildman–Crippen LogP) is 3.38. The summed E-state index contributed by atoms with van der Waals surface area (Å²) in [5.41, 5.74) is 0. The highest BCUT2D eigenvalue weighted by atomic mass is 79.9. The lowest BCUT2D eigenvalue weighted by Crippen LogP contribution is -2.40. The fourth-order valence-corrected chi connectivity index (χ4v) is 3.23. The lowest BCUT2D eigenvalue weighted by Gasteiger charge is -2.20. The van der Waals surface area contributed by atoms with Gasteiger partial charge in [0.05, 0.1) is 8.07 Å². The van der Waals surface area contributed by atoms with Crippen LogP contribution >= 0.6 is 15.9 Å². The minimum atomic E-state index is -1.11. The molecule has 0 heterocycles. The summed E-state index contributed by atoms with van der Waals surface area (Å²) in [6, 6.07) is 10.0. The van der Waals surface area contributed by atoms with Crippen molar-refractivity contribution in [2.24, 2.45) is 0 Å². The smallest absolute Gasteiger partial charge is 0.0675 e. The molecule has 0 N–H and O–H groups in total. The molecule has 66 valence electrons. The van der Waals surface area contributed by atoms with Crippen LogP contribution in [-0.2, 0) is 0 Å². The third-order valence-electron chi connectivity index (χ3n) is 2.49. The van der Waals surface area contributed by atoms with Crippen molar-refractivity contribution in [3.8, 4) is 0 Å². The average Bonchev–Trinajstić information content (AvgIpc) is 2.05. The first kappa shape index (κ1) is 10.0. The Labute approximate surface area is 84.1 Å². The summed E-state index contributed by atoms with van der Waals surface area (Å²) in [5.74, 6) is 0. The van der Waals surface area contributed by atoms with Crippen LogP contribution < -0.4 is 5.19 Å². The molecule has 0 spiro atoms. The molecule has 0 aliphatic carbocycles. The molecule has 0 saturated carbocycles. The van der Waals surface area contributed by atoms with Crippen molar-refractivity contribution in [1.29, 1.82) is 0 Å². The van der Waals surface area contributed by atoms with E-state index in [1.165, 1.54) is 10.5 Å². The summed E-state index contributed by atoms with van der Waals surface area (Å²) in [6.45, 7) is 7.11. The lowest BCUT2D eigenvalue weighted by molar-refractivity contribution is 1.37. The van der Waals surface area contributed by atoms with Crippen LogP contribution in [0.5, 0.6) is 0 Å². The van der Waals surface area contributed by atoms with Crippen molar-refractivity contribution >= 4 is 29.2 Å². The fourth-order valence-electron chi connectivity index (χ4n) is 1.11. The molecule has 2 heteroatoms. The van der Waals surface area contributed by atoms with Gasteiger partial charge in [-0.2, -0.15) is 0 Å². The Bertz CT molecular complexity index is 268. The van der Waals surface area contributed by atoms with Crippen LogP contribution in [0.25, 0.3) is 0 Å². The fraction of sp³-hybridized carbons (Fsp3) is 0.400. The quantitative estimate of drug-likeness (QED) is 0.698. The molecule has 0 aliphatic heterocycles. The minimum absolute atomic E-state index is 1.11. The molecular weight excluding hydrogens is 228 g/mol. The first-order valence-electron chi connectivity index (χ1n) is 4.32. The molecule has 1 aromatic rings. The van der Waals surface area contributed by atoms with Gasteiger partial charge in [0, 0.05) is 4.47 Å². The molecular formula is C10H15BrSi. The Hall–Kier alpha value is -0.0831. The van der Waals surface area contributed by atoms with Gasteiger partial charge in [-0.05, 0) is 12.1 Å². The van der Waals surface area contributed by atoms with Crippen LogP contribution in [0.2, 0.25) is 19.1 Å². The molecule has 1 aromatic carbocycles. The molecule has 0 saturated heterocycles. The van der Waals surface area contributed by atoms with E-state index in [-0.39, 0.29) is 0 Å². The molecule has 0 bridgehead atoms. The van der Waals surface area contributed by atoms with Gasteiger partial charge in [-0.3, -0.25) is 0 Å². The minimum Gasteiger partial charge on any atom is -0.0675 e. The van der Waals surface area contributed by atoms with Crippen LogP contribution in [0.3, 0.4) is 0 Å². The van der Waals surface area contributed by atoms with Gasteiger partial charge in [-0.25, -0.2) is 0 Å². The van der Waals surface area contributed by atoms with Crippen molar-refractivity contribution in [3.05, 3.63) is 28.7 Å². The average molecular weight is 243 g/mol. The van der Waals surface area contributed by atoms with E-state index in [4.69, 9.17) is 0 Å². The van der Waals surface area contributed by atoms with Gasteiger partial charge < -0.3 is 0 Å². The predicted molar refractivity (Wildman–Crippen MR) is 61.7 cm³/mol. The van der Waals surface area contributed by atoms with Crippen LogP contribution in [0, 0.1) is 0 Å². The van der Waals surface area contributed by atoms with Gasteiger partial charge in [0.15, 0.2) is 0 Å². The topological polar surface area (TPSA) is 0 Å². The summed E-state index contributed by atoms with van der Waals surface area (Å²) in [4.78, 5) is 0. The molecule has 0 fully saturated rings. The van der Waals surface area contributed by atoms with E-state index in [1.807, 2.05) is 0 Å². The second-order valence-corrected chi connectivity index (χ2v) is 9.72. The maximum atomic E-state index is 3.51. The molecule has 0 nitrogen and oxygen atoms in total. The number of hydrogen-bond donors (Lipinski definition) is 0. The highest BCUT2D eigenvalue weighted by molar-refractivity contribution is 9.10. The normalized spacial score (nSPS) is 11.7. The van der Waals surface area contributed by atoms with Crippen molar-refractivity contribution in [1.82, 2.24) is 0 Å². The van der Waals surface area contributed by atoms with E-state index in [0.29, 0.717) is 0 Å². The molecule has 0 unspecified atom stereocenters. The molecule has 0 aromatic heterocycles. The van der Waals surface area contributed by atoms with Crippen LogP contribution in [-0.4, -0.2) is 8.07 Å². The van der Waals surface area contributed by atoms with Crippen molar-refractivity contribution < 1.29 is 0 Å². The van der Waals surface area contributed by atoms with Crippen molar-refractivity contribution in [3.63, 3.8) is 0 Å². The van der Waals surface area contributed by atoms with Crippen molar-refractivity contribution in [2.45, 2.75) is 26.1 Å². The monoisotopic (exact) mass is 242 g/mol. The Morgan fingerprint density at radius 3 is 2.50 bits per heavy atom. The van der Waals surface area contributed by atoms with Crippen LogP contribution in [0.4, 0.5) is 0 Å². The highest BCUT2D eigenvalue weighted by Gasteiger charge is 2.20. The number of rotatable bonds is 2. The molecule has 0 atom stereocenters. The summed E-state index contributed by atoms with van der Waals surface area (Å²) in [5, 5.41) is 1.54. The molecule has 12 heavy (non-hydrogen) atoms. The maximum Gasteiger partial charge on any atom is 0.0804 e.